The number of aromatic nitrogens is 1. The van der Waals surface area contributed by atoms with Crippen LogP contribution in [-0.4, -0.2) is 12.0 Å². The van der Waals surface area contributed by atoms with Gasteiger partial charge < -0.3 is 11.1 Å². The normalized spacial score (nSPS) is 10.8. The van der Waals surface area contributed by atoms with E-state index < -0.39 is 0 Å². The highest BCUT2D eigenvalue weighted by molar-refractivity contribution is 5.84. The van der Waals surface area contributed by atoms with Gasteiger partial charge >= 0.3 is 0 Å². The van der Waals surface area contributed by atoms with Gasteiger partial charge in [-0.05, 0) is 73.3 Å². The number of hydrogen-bond donors (Lipinski definition) is 2. The molecule has 4 heteroatoms. The van der Waals surface area contributed by atoms with Gasteiger partial charge in [0.05, 0.1) is 17.1 Å². The van der Waals surface area contributed by atoms with Gasteiger partial charge in [-0.15, -0.1) is 0 Å². The van der Waals surface area contributed by atoms with Gasteiger partial charge in [-0.2, -0.15) is 5.26 Å². The van der Waals surface area contributed by atoms with Gasteiger partial charge in [-0.25, -0.2) is 4.98 Å². The van der Waals surface area contributed by atoms with Crippen LogP contribution in [0.2, 0.25) is 0 Å². The minimum absolute atomic E-state index is 0.556. The van der Waals surface area contributed by atoms with E-state index in [2.05, 4.69) is 47.6 Å². The van der Waals surface area contributed by atoms with Crippen LogP contribution in [-0.2, 0) is 19.4 Å². The van der Waals surface area contributed by atoms with Gasteiger partial charge in [0.15, 0.2) is 0 Å². The molecule has 0 radical (unpaired) electrons. The molecule has 0 unspecified atom stereocenters. The van der Waals surface area contributed by atoms with E-state index in [1.54, 1.807) is 0 Å². The van der Waals surface area contributed by atoms with Crippen molar-refractivity contribution in [3.63, 3.8) is 0 Å². The fraction of sp³-hybridized carbons (Fsp3) is 0.238. The number of nitrogen functional groups attached to an aromatic ring is 1. The lowest BCUT2D eigenvalue weighted by molar-refractivity contribution is 0.814. The Hall–Kier alpha value is -2.90. The number of nitrogens with two attached hydrogens (primary N) is 1. The summed E-state index contributed by atoms with van der Waals surface area (Å²) in [4.78, 5) is 4.44. The number of hydrogen-bond acceptors (Lipinski definition) is 4. The number of rotatable bonds is 5. The molecule has 126 valence electrons. The first kappa shape index (κ1) is 16.9. The number of aryl methyl sites for hydroxylation is 3. The molecule has 0 spiro atoms. The van der Waals surface area contributed by atoms with Crippen LogP contribution in [0.3, 0.4) is 0 Å². The zero-order chi connectivity index (χ0) is 17.8. The van der Waals surface area contributed by atoms with Crippen molar-refractivity contribution in [2.75, 3.05) is 12.8 Å². The Morgan fingerprint density at radius 3 is 2.56 bits per heavy atom. The quantitative estimate of drug-likeness (QED) is 0.751. The average molecular weight is 330 g/mol. The summed E-state index contributed by atoms with van der Waals surface area (Å²) >= 11 is 0. The van der Waals surface area contributed by atoms with E-state index in [0.717, 1.165) is 41.4 Å². The number of nitrogens with one attached hydrogen (secondary N) is 1. The number of nitriles is 1. The Morgan fingerprint density at radius 1 is 1.04 bits per heavy atom. The number of fused-ring (bicyclic) bond motifs is 1. The van der Waals surface area contributed by atoms with Gasteiger partial charge in [0.2, 0.25) is 0 Å². The summed E-state index contributed by atoms with van der Waals surface area (Å²) in [6, 6.07) is 16.6. The Kier molecular flexibility index (Phi) is 4.97. The maximum atomic E-state index is 9.22. The Labute approximate surface area is 148 Å². The van der Waals surface area contributed by atoms with Crippen LogP contribution >= 0.6 is 0 Å². The lowest BCUT2D eigenvalue weighted by Crippen LogP contribution is -2.06. The van der Waals surface area contributed by atoms with Crippen LogP contribution in [0.4, 0.5) is 5.82 Å². The van der Waals surface area contributed by atoms with Gasteiger partial charge in [0.1, 0.15) is 5.82 Å². The van der Waals surface area contributed by atoms with Gasteiger partial charge in [-0.3, -0.25) is 0 Å². The van der Waals surface area contributed by atoms with Crippen LogP contribution in [0.5, 0.6) is 0 Å². The standard InChI is InChI=1S/C21H22N4/c1-14-7-21(23)25-20-11-15(5-6-19(14)20)3-4-16-8-17(12-22)10-18(9-16)13-24-2/h5-11,24H,3-4,13H2,1-2H3,(H2,23,25). The van der Waals surface area contributed by atoms with E-state index in [1.165, 1.54) is 11.1 Å². The highest BCUT2D eigenvalue weighted by atomic mass is 14.8. The summed E-state index contributed by atoms with van der Waals surface area (Å²) < 4.78 is 0. The second kappa shape index (κ2) is 7.33. The molecule has 3 rings (SSSR count). The SMILES string of the molecule is CNCc1cc(C#N)cc(CCc2ccc3c(C)cc(N)nc3c2)c1. The molecule has 2 aromatic carbocycles. The molecular weight excluding hydrogens is 308 g/mol. The van der Waals surface area contributed by atoms with E-state index in [-0.39, 0.29) is 0 Å². The number of benzene rings is 2. The molecule has 4 nitrogen and oxygen atoms in total. The highest BCUT2D eigenvalue weighted by Gasteiger charge is 2.05. The zero-order valence-corrected chi connectivity index (χ0v) is 14.6. The summed E-state index contributed by atoms with van der Waals surface area (Å²) in [6.07, 6.45) is 1.79. The van der Waals surface area contributed by atoms with E-state index >= 15 is 0 Å². The minimum atomic E-state index is 0.556. The number of nitrogens with zero attached hydrogens (tertiary/aromatic N) is 2. The Balaban J connectivity index is 1.83. The molecule has 1 heterocycles. The molecule has 25 heavy (non-hydrogen) atoms. The minimum Gasteiger partial charge on any atom is -0.384 e. The molecule has 0 atom stereocenters. The first-order valence-corrected chi connectivity index (χ1v) is 8.42. The fourth-order valence-electron chi connectivity index (χ4n) is 3.20. The predicted octanol–water partition coefficient (Wildman–Crippen LogP) is 3.50. The summed E-state index contributed by atoms with van der Waals surface area (Å²) in [5.74, 6) is 0.556. The van der Waals surface area contributed by atoms with Crippen molar-refractivity contribution in [3.05, 3.63) is 70.3 Å². The molecule has 0 saturated carbocycles. The van der Waals surface area contributed by atoms with Crippen LogP contribution in [0.1, 0.15) is 27.8 Å². The molecule has 0 amide bonds. The average Bonchev–Trinajstić information content (AvgIpc) is 2.59. The zero-order valence-electron chi connectivity index (χ0n) is 14.6. The van der Waals surface area contributed by atoms with E-state index in [4.69, 9.17) is 5.73 Å². The second-order valence-corrected chi connectivity index (χ2v) is 6.40. The molecule has 0 aliphatic carbocycles. The van der Waals surface area contributed by atoms with E-state index in [1.807, 2.05) is 25.2 Å². The summed E-state index contributed by atoms with van der Waals surface area (Å²) in [5.41, 5.74) is 12.2. The molecule has 0 saturated heterocycles. The first-order chi connectivity index (χ1) is 12.1. The topological polar surface area (TPSA) is 74.7 Å². The monoisotopic (exact) mass is 330 g/mol. The van der Waals surface area contributed by atoms with Crippen LogP contribution < -0.4 is 11.1 Å². The number of pyridine rings is 1. The molecule has 1 aromatic heterocycles. The van der Waals surface area contributed by atoms with Crippen molar-refractivity contribution in [1.82, 2.24) is 10.3 Å². The third-order valence-electron chi connectivity index (χ3n) is 4.37. The third kappa shape index (κ3) is 3.96. The van der Waals surface area contributed by atoms with Crippen molar-refractivity contribution in [1.29, 1.82) is 5.26 Å². The van der Waals surface area contributed by atoms with Gasteiger partial charge in [0, 0.05) is 11.9 Å². The molecule has 0 aliphatic rings. The van der Waals surface area contributed by atoms with Crippen LogP contribution in [0, 0.1) is 18.3 Å². The molecule has 0 bridgehead atoms. The van der Waals surface area contributed by atoms with Crippen molar-refractivity contribution in [2.45, 2.75) is 26.3 Å². The predicted molar refractivity (Wildman–Crippen MR) is 102 cm³/mol. The van der Waals surface area contributed by atoms with Crippen molar-refractivity contribution in [2.24, 2.45) is 0 Å². The molecule has 0 aliphatic heterocycles. The molecular formula is C21H22N4. The van der Waals surface area contributed by atoms with Crippen molar-refractivity contribution in [3.8, 4) is 6.07 Å². The third-order valence-corrected chi connectivity index (χ3v) is 4.37. The lowest BCUT2D eigenvalue weighted by Gasteiger charge is -2.09. The first-order valence-electron chi connectivity index (χ1n) is 8.42. The van der Waals surface area contributed by atoms with E-state index in [9.17, 15) is 5.26 Å². The van der Waals surface area contributed by atoms with Crippen LogP contribution in [0.15, 0.2) is 42.5 Å². The smallest absolute Gasteiger partial charge is 0.124 e. The summed E-state index contributed by atoms with van der Waals surface area (Å²) in [6.45, 7) is 2.82. The highest BCUT2D eigenvalue weighted by Crippen LogP contribution is 2.21. The Bertz CT molecular complexity index is 954. The second-order valence-electron chi connectivity index (χ2n) is 6.40. The lowest BCUT2D eigenvalue weighted by atomic mass is 9.99. The largest absolute Gasteiger partial charge is 0.384 e. The fourth-order valence-corrected chi connectivity index (χ4v) is 3.20. The molecule has 3 N–H and O–H groups in total. The number of anilines is 1. The van der Waals surface area contributed by atoms with Gasteiger partial charge in [0.25, 0.3) is 0 Å². The summed E-state index contributed by atoms with van der Waals surface area (Å²) in [5, 5.41) is 13.5. The maximum absolute atomic E-state index is 9.22. The van der Waals surface area contributed by atoms with Gasteiger partial charge in [-0.1, -0.05) is 18.2 Å². The molecule has 0 fully saturated rings. The maximum Gasteiger partial charge on any atom is 0.124 e. The van der Waals surface area contributed by atoms with E-state index in [0.29, 0.717) is 11.4 Å². The Morgan fingerprint density at radius 2 is 1.80 bits per heavy atom. The van der Waals surface area contributed by atoms with Crippen molar-refractivity contribution >= 4 is 16.7 Å². The van der Waals surface area contributed by atoms with Crippen molar-refractivity contribution < 1.29 is 0 Å². The molecule has 3 aromatic rings. The van der Waals surface area contributed by atoms with Crippen LogP contribution in [0.25, 0.3) is 10.9 Å². The summed E-state index contributed by atoms with van der Waals surface area (Å²) in [7, 11) is 1.91.